The Bertz CT molecular complexity index is 730. The molecule has 1 aromatic carbocycles. The molecule has 1 aromatic heterocycles. The van der Waals surface area contributed by atoms with Crippen LogP contribution in [0.4, 0.5) is 17.5 Å². The van der Waals surface area contributed by atoms with Gasteiger partial charge in [0.25, 0.3) is 0 Å². The predicted octanol–water partition coefficient (Wildman–Crippen LogP) is 4.18. The fourth-order valence-corrected chi connectivity index (χ4v) is 2.33. The fourth-order valence-electron chi connectivity index (χ4n) is 2.33. The van der Waals surface area contributed by atoms with Crippen molar-refractivity contribution in [3.8, 4) is 6.07 Å². The van der Waals surface area contributed by atoms with Crippen molar-refractivity contribution in [3.05, 3.63) is 41.6 Å². The van der Waals surface area contributed by atoms with E-state index in [1.165, 1.54) is 12.8 Å². The Labute approximate surface area is 136 Å². The molecule has 1 aliphatic rings. The van der Waals surface area contributed by atoms with Crippen molar-refractivity contribution < 1.29 is 0 Å². The monoisotopic (exact) mass is 307 g/mol. The number of nitrogens with zero attached hydrogens (tertiary/aromatic N) is 3. The maximum atomic E-state index is 9.22. The molecule has 2 aromatic rings. The van der Waals surface area contributed by atoms with E-state index in [2.05, 4.69) is 40.5 Å². The number of anilines is 3. The van der Waals surface area contributed by atoms with E-state index in [-0.39, 0.29) is 0 Å². The second-order valence-electron chi connectivity index (χ2n) is 6.01. The number of aromatic nitrogens is 2. The van der Waals surface area contributed by atoms with E-state index in [4.69, 9.17) is 0 Å². The minimum atomic E-state index is 0.323. The smallest absolute Gasteiger partial charge is 0.225 e. The first kappa shape index (κ1) is 15.3. The second-order valence-corrected chi connectivity index (χ2v) is 6.01. The number of hydrogen-bond donors (Lipinski definition) is 2. The number of benzene rings is 1. The Morgan fingerprint density at radius 2 is 2.09 bits per heavy atom. The summed E-state index contributed by atoms with van der Waals surface area (Å²) in [6.45, 7) is 4.25. The third-order valence-corrected chi connectivity index (χ3v) is 4.04. The Morgan fingerprint density at radius 1 is 1.30 bits per heavy atom. The van der Waals surface area contributed by atoms with Crippen molar-refractivity contribution in [2.75, 3.05) is 10.6 Å². The van der Waals surface area contributed by atoms with Crippen LogP contribution in [0.5, 0.6) is 0 Å². The molecule has 0 unspecified atom stereocenters. The second kappa shape index (κ2) is 6.66. The molecule has 0 radical (unpaired) electrons. The van der Waals surface area contributed by atoms with Gasteiger partial charge in [-0.2, -0.15) is 10.2 Å². The first-order valence-corrected chi connectivity index (χ1v) is 8.11. The van der Waals surface area contributed by atoms with Crippen LogP contribution in [0.3, 0.4) is 0 Å². The SMILES string of the molecule is CC[C@@H](C)Nc1nc(Nc2ccccc2C#N)cc(C2CC2)n1. The Kier molecular flexibility index (Phi) is 4.42. The van der Waals surface area contributed by atoms with E-state index in [0.29, 0.717) is 23.5 Å². The summed E-state index contributed by atoms with van der Waals surface area (Å²) in [6.07, 6.45) is 3.39. The van der Waals surface area contributed by atoms with Gasteiger partial charge in [-0.1, -0.05) is 19.1 Å². The zero-order valence-corrected chi connectivity index (χ0v) is 13.5. The maximum absolute atomic E-state index is 9.22. The lowest BCUT2D eigenvalue weighted by Crippen LogP contribution is -2.16. The van der Waals surface area contributed by atoms with Crippen molar-refractivity contribution in [3.63, 3.8) is 0 Å². The van der Waals surface area contributed by atoms with Crippen molar-refractivity contribution >= 4 is 17.5 Å². The van der Waals surface area contributed by atoms with Crippen molar-refractivity contribution in [1.82, 2.24) is 9.97 Å². The summed E-state index contributed by atoms with van der Waals surface area (Å²) in [5.41, 5.74) is 2.45. The summed E-state index contributed by atoms with van der Waals surface area (Å²) in [7, 11) is 0. The van der Waals surface area contributed by atoms with Gasteiger partial charge < -0.3 is 10.6 Å². The van der Waals surface area contributed by atoms with E-state index >= 15 is 0 Å². The Hall–Kier alpha value is -2.61. The predicted molar refractivity (Wildman–Crippen MR) is 91.8 cm³/mol. The molecule has 2 N–H and O–H groups in total. The molecule has 0 amide bonds. The molecule has 1 aliphatic carbocycles. The molecule has 0 bridgehead atoms. The molecule has 1 saturated carbocycles. The lowest BCUT2D eigenvalue weighted by molar-refractivity contribution is 0.750. The Morgan fingerprint density at radius 3 is 2.78 bits per heavy atom. The molecular formula is C18H21N5. The largest absolute Gasteiger partial charge is 0.352 e. The van der Waals surface area contributed by atoms with E-state index in [0.717, 1.165) is 23.6 Å². The summed E-state index contributed by atoms with van der Waals surface area (Å²) in [5.74, 6) is 1.93. The van der Waals surface area contributed by atoms with Crippen molar-refractivity contribution in [2.24, 2.45) is 0 Å². The molecule has 1 heterocycles. The van der Waals surface area contributed by atoms with E-state index in [1.807, 2.05) is 24.3 Å². The molecule has 3 rings (SSSR count). The van der Waals surface area contributed by atoms with Crippen LogP contribution in [0.2, 0.25) is 0 Å². The van der Waals surface area contributed by atoms with Gasteiger partial charge in [0.05, 0.1) is 16.9 Å². The molecule has 1 atom stereocenters. The molecule has 23 heavy (non-hydrogen) atoms. The standard InChI is InChI=1S/C18H21N5/c1-3-12(2)20-18-22-16(13-8-9-13)10-17(23-18)21-15-7-5-4-6-14(15)11-19/h4-7,10,12-13H,3,8-9H2,1-2H3,(H2,20,21,22,23)/t12-/m1/s1. The van der Waals surface area contributed by atoms with Gasteiger partial charge in [-0.25, -0.2) is 4.98 Å². The van der Waals surface area contributed by atoms with Crippen LogP contribution in [0.25, 0.3) is 0 Å². The van der Waals surface area contributed by atoms with Crippen LogP contribution in [-0.4, -0.2) is 16.0 Å². The lowest BCUT2D eigenvalue weighted by atomic mass is 10.2. The molecule has 1 fully saturated rings. The third-order valence-electron chi connectivity index (χ3n) is 4.04. The maximum Gasteiger partial charge on any atom is 0.225 e. The van der Waals surface area contributed by atoms with Crippen LogP contribution in [0, 0.1) is 11.3 Å². The van der Waals surface area contributed by atoms with E-state index in [1.54, 1.807) is 6.07 Å². The zero-order valence-electron chi connectivity index (χ0n) is 13.5. The highest BCUT2D eigenvalue weighted by Gasteiger charge is 2.26. The van der Waals surface area contributed by atoms with Gasteiger partial charge in [0.2, 0.25) is 5.95 Å². The highest BCUT2D eigenvalue weighted by atomic mass is 15.2. The van der Waals surface area contributed by atoms with Gasteiger partial charge in [-0.15, -0.1) is 0 Å². The van der Waals surface area contributed by atoms with Gasteiger partial charge in [0.15, 0.2) is 0 Å². The average Bonchev–Trinajstić information content (AvgIpc) is 3.40. The van der Waals surface area contributed by atoms with Crippen LogP contribution in [0.1, 0.15) is 50.3 Å². The number of rotatable bonds is 6. The molecule has 0 saturated heterocycles. The molecule has 118 valence electrons. The first-order valence-electron chi connectivity index (χ1n) is 8.11. The van der Waals surface area contributed by atoms with Gasteiger partial charge in [-0.3, -0.25) is 0 Å². The molecule has 5 nitrogen and oxygen atoms in total. The van der Waals surface area contributed by atoms with Gasteiger partial charge in [-0.05, 0) is 38.3 Å². The Balaban J connectivity index is 1.90. The quantitative estimate of drug-likeness (QED) is 0.837. The number of nitriles is 1. The van der Waals surface area contributed by atoms with Gasteiger partial charge in [0, 0.05) is 18.0 Å². The molecule has 0 aliphatic heterocycles. The van der Waals surface area contributed by atoms with E-state index in [9.17, 15) is 5.26 Å². The summed E-state index contributed by atoms with van der Waals surface area (Å²) in [5, 5.41) is 15.8. The van der Waals surface area contributed by atoms with Crippen LogP contribution < -0.4 is 10.6 Å². The minimum absolute atomic E-state index is 0.323. The third kappa shape index (κ3) is 3.78. The minimum Gasteiger partial charge on any atom is -0.352 e. The van der Waals surface area contributed by atoms with Crippen molar-refractivity contribution in [1.29, 1.82) is 5.26 Å². The van der Waals surface area contributed by atoms with E-state index < -0.39 is 0 Å². The molecule has 0 spiro atoms. The molecular weight excluding hydrogens is 286 g/mol. The normalized spacial score (nSPS) is 14.8. The zero-order chi connectivity index (χ0) is 16.2. The fraction of sp³-hybridized carbons (Fsp3) is 0.389. The van der Waals surface area contributed by atoms with Gasteiger partial charge >= 0.3 is 0 Å². The number of nitrogens with one attached hydrogen (secondary N) is 2. The lowest BCUT2D eigenvalue weighted by Gasteiger charge is -2.14. The highest BCUT2D eigenvalue weighted by Crippen LogP contribution is 2.40. The highest BCUT2D eigenvalue weighted by molar-refractivity contribution is 5.65. The summed E-state index contributed by atoms with van der Waals surface area (Å²) < 4.78 is 0. The van der Waals surface area contributed by atoms with Gasteiger partial charge in [0.1, 0.15) is 11.9 Å². The summed E-state index contributed by atoms with van der Waals surface area (Å²) >= 11 is 0. The van der Waals surface area contributed by atoms with Crippen LogP contribution >= 0.6 is 0 Å². The first-order chi connectivity index (χ1) is 11.2. The average molecular weight is 307 g/mol. The summed E-state index contributed by atoms with van der Waals surface area (Å²) in [4.78, 5) is 9.20. The van der Waals surface area contributed by atoms with Crippen molar-refractivity contribution in [2.45, 2.75) is 45.1 Å². The van der Waals surface area contributed by atoms with Crippen LogP contribution in [-0.2, 0) is 0 Å². The number of para-hydroxylation sites is 1. The molecule has 5 heteroatoms. The number of hydrogen-bond acceptors (Lipinski definition) is 5. The van der Waals surface area contributed by atoms with Crippen LogP contribution in [0.15, 0.2) is 30.3 Å². The summed E-state index contributed by atoms with van der Waals surface area (Å²) in [6, 6.07) is 12.0. The topological polar surface area (TPSA) is 73.6 Å².